The second-order valence-electron chi connectivity index (χ2n) is 6.99. The van der Waals surface area contributed by atoms with Gasteiger partial charge in [0.1, 0.15) is 5.75 Å². The zero-order valence-electron chi connectivity index (χ0n) is 15.5. The number of nitriles is 1. The summed E-state index contributed by atoms with van der Waals surface area (Å²) in [5.74, 6) is -0.792. The van der Waals surface area contributed by atoms with Gasteiger partial charge in [0.15, 0.2) is 5.92 Å². The maximum Gasteiger partial charge on any atom is 0.323 e. The average molecular weight is 345 g/mol. The highest BCUT2D eigenvalue weighted by molar-refractivity contribution is 5.77. The number of benzene rings is 1. The molecule has 5 heteroatoms. The average Bonchev–Trinajstić information content (AvgIpc) is 2.58. The number of rotatable bonds is 6. The van der Waals surface area contributed by atoms with Gasteiger partial charge >= 0.3 is 5.97 Å². The fraction of sp³-hybridized carbons (Fsp3) is 0.600. The molecule has 3 atom stereocenters. The lowest BCUT2D eigenvalue weighted by molar-refractivity contribution is -0.148. The Labute approximate surface area is 149 Å². The summed E-state index contributed by atoms with van der Waals surface area (Å²) in [6.45, 7) is 6.72. The summed E-state index contributed by atoms with van der Waals surface area (Å²) in [5.41, 5.74) is 0.602. The molecule has 2 rings (SSSR count). The van der Waals surface area contributed by atoms with E-state index in [0.717, 1.165) is 18.4 Å². The molecule has 0 N–H and O–H groups in total. The molecule has 0 aliphatic carbocycles. The van der Waals surface area contributed by atoms with Crippen LogP contribution in [0.15, 0.2) is 24.3 Å². The molecular formula is C20H27NO4. The molecule has 1 heterocycles. The third kappa shape index (κ3) is 4.52. The number of esters is 1. The molecule has 1 saturated heterocycles. The van der Waals surface area contributed by atoms with Crippen LogP contribution in [0, 0.1) is 23.2 Å². The number of nitrogens with zero attached hydrogens (tertiary/aromatic N) is 1. The molecule has 25 heavy (non-hydrogen) atoms. The van der Waals surface area contributed by atoms with E-state index < -0.39 is 11.9 Å². The molecule has 0 spiro atoms. The summed E-state index contributed by atoms with van der Waals surface area (Å²) >= 11 is 0. The summed E-state index contributed by atoms with van der Waals surface area (Å²) < 4.78 is 16.5. The molecular weight excluding hydrogens is 318 g/mol. The van der Waals surface area contributed by atoms with Crippen molar-refractivity contribution in [3.63, 3.8) is 0 Å². The molecule has 1 fully saturated rings. The van der Waals surface area contributed by atoms with Crippen molar-refractivity contribution in [2.24, 2.45) is 11.8 Å². The van der Waals surface area contributed by atoms with Crippen LogP contribution in [-0.2, 0) is 14.3 Å². The van der Waals surface area contributed by atoms with Crippen LogP contribution in [0.3, 0.4) is 0 Å². The van der Waals surface area contributed by atoms with Gasteiger partial charge in [0.05, 0.1) is 25.4 Å². The molecule has 0 bridgehead atoms. The highest BCUT2D eigenvalue weighted by Gasteiger charge is 2.42. The van der Waals surface area contributed by atoms with Gasteiger partial charge < -0.3 is 14.2 Å². The lowest BCUT2D eigenvalue weighted by atomic mass is 9.71. The molecule has 0 amide bonds. The van der Waals surface area contributed by atoms with Crippen molar-refractivity contribution in [1.29, 1.82) is 5.26 Å². The first kappa shape index (κ1) is 19.3. The Morgan fingerprint density at radius 1 is 1.44 bits per heavy atom. The van der Waals surface area contributed by atoms with Crippen LogP contribution in [0.5, 0.6) is 5.75 Å². The molecule has 0 aromatic heterocycles. The summed E-state index contributed by atoms with van der Waals surface area (Å²) in [7, 11) is 1.61. The second-order valence-corrected chi connectivity index (χ2v) is 6.99. The summed E-state index contributed by atoms with van der Waals surface area (Å²) in [5, 5.41) is 9.76. The van der Waals surface area contributed by atoms with Gasteiger partial charge in [0.25, 0.3) is 0 Å². The summed E-state index contributed by atoms with van der Waals surface area (Å²) in [6, 6.07) is 9.80. The Morgan fingerprint density at radius 3 is 2.76 bits per heavy atom. The third-order valence-corrected chi connectivity index (χ3v) is 4.78. The van der Waals surface area contributed by atoms with Gasteiger partial charge in [-0.2, -0.15) is 5.26 Å². The van der Waals surface area contributed by atoms with Crippen molar-refractivity contribution >= 4 is 5.97 Å². The quantitative estimate of drug-likeness (QED) is 0.736. The largest absolute Gasteiger partial charge is 0.496 e. The minimum absolute atomic E-state index is 0.133. The van der Waals surface area contributed by atoms with Crippen molar-refractivity contribution in [3.8, 4) is 11.8 Å². The van der Waals surface area contributed by atoms with Crippen LogP contribution in [0.1, 0.15) is 45.1 Å². The first-order chi connectivity index (χ1) is 11.9. The van der Waals surface area contributed by atoms with E-state index in [-0.39, 0.29) is 24.0 Å². The summed E-state index contributed by atoms with van der Waals surface area (Å²) in [6.07, 6.45) is 1.57. The monoisotopic (exact) mass is 345 g/mol. The Balaban J connectivity index is 2.47. The molecule has 1 aromatic carbocycles. The van der Waals surface area contributed by atoms with Crippen molar-refractivity contribution in [2.45, 2.75) is 45.1 Å². The van der Waals surface area contributed by atoms with E-state index in [1.54, 1.807) is 14.0 Å². The van der Waals surface area contributed by atoms with E-state index in [4.69, 9.17) is 14.2 Å². The number of carbonyl (C=O) groups is 1. The molecule has 136 valence electrons. The maximum atomic E-state index is 12.5. The normalized spacial score (nSPS) is 21.6. The van der Waals surface area contributed by atoms with Crippen LogP contribution in [0.25, 0.3) is 0 Å². The zero-order chi connectivity index (χ0) is 18.4. The van der Waals surface area contributed by atoms with E-state index in [1.807, 2.05) is 38.1 Å². The molecule has 1 aliphatic heterocycles. The van der Waals surface area contributed by atoms with E-state index in [9.17, 15) is 10.1 Å². The number of carbonyl (C=O) groups excluding carboxylic acids is 1. The van der Waals surface area contributed by atoms with Crippen LogP contribution in [0.4, 0.5) is 0 Å². The van der Waals surface area contributed by atoms with Crippen molar-refractivity contribution < 1.29 is 19.0 Å². The summed E-state index contributed by atoms with van der Waals surface area (Å²) in [4.78, 5) is 12.5. The molecule has 1 aliphatic rings. The predicted molar refractivity (Wildman–Crippen MR) is 94.2 cm³/mol. The number of ether oxygens (including phenoxy) is 3. The Morgan fingerprint density at radius 2 is 2.16 bits per heavy atom. The predicted octanol–water partition coefficient (Wildman–Crippen LogP) is 3.69. The van der Waals surface area contributed by atoms with E-state index in [0.29, 0.717) is 12.4 Å². The van der Waals surface area contributed by atoms with Gasteiger partial charge in [-0.05, 0) is 51.2 Å². The smallest absolute Gasteiger partial charge is 0.323 e. The SMILES string of the molecule is CCOC(=O)[C@@H](C#N)[C@@H](c1ccccc1OC)[C@H]1CCOC(C)(C)C1. The van der Waals surface area contributed by atoms with Crippen LogP contribution in [0.2, 0.25) is 0 Å². The maximum absolute atomic E-state index is 12.5. The number of hydrogen-bond donors (Lipinski definition) is 0. The minimum atomic E-state index is -0.866. The van der Waals surface area contributed by atoms with Crippen molar-refractivity contribution in [2.75, 3.05) is 20.3 Å². The lowest BCUT2D eigenvalue weighted by Gasteiger charge is -2.40. The first-order valence-electron chi connectivity index (χ1n) is 8.76. The molecule has 0 unspecified atom stereocenters. The first-order valence-corrected chi connectivity index (χ1v) is 8.76. The molecule has 0 saturated carbocycles. The number of para-hydroxylation sites is 1. The Bertz CT molecular complexity index is 635. The van der Waals surface area contributed by atoms with Crippen LogP contribution < -0.4 is 4.74 Å². The second kappa shape index (κ2) is 8.35. The topological polar surface area (TPSA) is 68.6 Å². The fourth-order valence-electron chi connectivity index (χ4n) is 3.74. The lowest BCUT2D eigenvalue weighted by Crippen LogP contribution is -2.39. The van der Waals surface area contributed by atoms with Crippen molar-refractivity contribution in [3.05, 3.63) is 29.8 Å². The van der Waals surface area contributed by atoms with E-state index >= 15 is 0 Å². The van der Waals surface area contributed by atoms with Crippen molar-refractivity contribution in [1.82, 2.24) is 0 Å². The van der Waals surface area contributed by atoms with Gasteiger partial charge in [-0.1, -0.05) is 18.2 Å². The standard InChI is InChI=1S/C20H27NO4/c1-5-24-19(22)16(13-21)18(14-10-11-25-20(2,3)12-14)15-8-6-7-9-17(15)23-4/h6-9,14,16,18H,5,10-12H2,1-4H3/t14-,16-,18+/m0/s1. The van der Waals surface area contributed by atoms with E-state index in [1.165, 1.54) is 0 Å². The van der Waals surface area contributed by atoms with Gasteiger partial charge in [-0.3, -0.25) is 4.79 Å². The number of methoxy groups -OCH3 is 1. The van der Waals surface area contributed by atoms with Gasteiger partial charge in [0.2, 0.25) is 0 Å². The molecule has 5 nitrogen and oxygen atoms in total. The fourth-order valence-corrected chi connectivity index (χ4v) is 3.74. The highest BCUT2D eigenvalue weighted by Crippen LogP contribution is 2.45. The minimum Gasteiger partial charge on any atom is -0.496 e. The number of hydrogen-bond acceptors (Lipinski definition) is 5. The highest BCUT2D eigenvalue weighted by atomic mass is 16.5. The van der Waals surface area contributed by atoms with Gasteiger partial charge in [-0.15, -0.1) is 0 Å². The Hall–Kier alpha value is -2.06. The zero-order valence-corrected chi connectivity index (χ0v) is 15.5. The van der Waals surface area contributed by atoms with Crippen LogP contribution >= 0.6 is 0 Å². The third-order valence-electron chi connectivity index (χ3n) is 4.78. The van der Waals surface area contributed by atoms with E-state index in [2.05, 4.69) is 6.07 Å². The van der Waals surface area contributed by atoms with Gasteiger partial charge in [0, 0.05) is 12.5 Å². The molecule has 0 radical (unpaired) electrons. The Kier molecular flexibility index (Phi) is 6.44. The molecule has 1 aromatic rings. The van der Waals surface area contributed by atoms with Crippen LogP contribution in [-0.4, -0.2) is 31.9 Å². The van der Waals surface area contributed by atoms with Gasteiger partial charge in [-0.25, -0.2) is 0 Å².